The fourth-order valence-electron chi connectivity index (χ4n) is 1.22. The molecule has 0 atom stereocenters. The van der Waals surface area contributed by atoms with Crippen LogP contribution in [0.3, 0.4) is 0 Å². The molecule has 3 nitrogen and oxygen atoms in total. The highest BCUT2D eigenvalue weighted by molar-refractivity contribution is 5.94. The molecule has 0 fully saturated rings. The Labute approximate surface area is 78.2 Å². The van der Waals surface area contributed by atoms with Gasteiger partial charge in [-0.2, -0.15) is 0 Å². The van der Waals surface area contributed by atoms with Crippen LogP contribution in [0.4, 0.5) is 5.69 Å². The molecule has 70 valence electrons. The monoisotopic (exact) mass is 178 g/mol. The maximum absolute atomic E-state index is 11.3. The molecule has 1 aromatic carbocycles. The minimum Gasteiger partial charge on any atom is -0.322 e. The highest BCUT2D eigenvalue weighted by Gasteiger charge is 2.10. The van der Waals surface area contributed by atoms with Gasteiger partial charge in [-0.25, -0.2) is 0 Å². The largest absolute Gasteiger partial charge is 0.322 e. The molecule has 0 radical (unpaired) electrons. The van der Waals surface area contributed by atoms with Crippen molar-refractivity contribution >= 4 is 11.6 Å². The van der Waals surface area contributed by atoms with Gasteiger partial charge in [0, 0.05) is 12.2 Å². The van der Waals surface area contributed by atoms with Crippen molar-refractivity contribution in [1.29, 1.82) is 0 Å². The van der Waals surface area contributed by atoms with Gasteiger partial charge in [0.15, 0.2) is 0 Å². The van der Waals surface area contributed by atoms with Crippen LogP contribution in [-0.4, -0.2) is 19.0 Å². The van der Waals surface area contributed by atoms with Gasteiger partial charge in [-0.15, -0.1) is 0 Å². The van der Waals surface area contributed by atoms with Crippen LogP contribution in [0.2, 0.25) is 0 Å². The predicted molar refractivity (Wildman–Crippen MR) is 53.5 cm³/mol. The first kappa shape index (κ1) is 9.74. The maximum Gasteiger partial charge on any atom is 0.240 e. The average Bonchev–Trinajstić information content (AvgIpc) is 2.20. The van der Waals surface area contributed by atoms with Crippen molar-refractivity contribution in [3.05, 3.63) is 30.3 Å². The lowest BCUT2D eigenvalue weighted by molar-refractivity contribution is -0.117. The molecular weight excluding hydrogens is 164 g/mol. The molecule has 0 aliphatic rings. The van der Waals surface area contributed by atoms with E-state index in [0.717, 1.165) is 5.69 Å². The fourth-order valence-corrected chi connectivity index (χ4v) is 1.22. The number of carbonyl (C=O) groups is 1. The SMILES string of the molecule is CCN(C(=O)CN)c1ccccc1. The first-order valence-corrected chi connectivity index (χ1v) is 4.35. The summed E-state index contributed by atoms with van der Waals surface area (Å²) >= 11 is 0. The van der Waals surface area contributed by atoms with Gasteiger partial charge in [-0.1, -0.05) is 18.2 Å². The molecule has 0 aliphatic heterocycles. The second kappa shape index (κ2) is 4.62. The van der Waals surface area contributed by atoms with Gasteiger partial charge in [-0.3, -0.25) is 4.79 Å². The maximum atomic E-state index is 11.3. The number of nitrogens with zero attached hydrogens (tertiary/aromatic N) is 1. The Morgan fingerprint density at radius 2 is 2.00 bits per heavy atom. The van der Waals surface area contributed by atoms with Gasteiger partial charge in [0.25, 0.3) is 0 Å². The molecule has 0 unspecified atom stereocenters. The fraction of sp³-hybridized carbons (Fsp3) is 0.300. The van der Waals surface area contributed by atoms with Crippen molar-refractivity contribution < 1.29 is 4.79 Å². The van der Waals surface area contributed by atoms with Crippen molar-refractivity contribution in [3.8, 4) is 0 Å². The Bertz CT molecular complexity index is 272. The third-order valence-corrected chi connectivity index (χ3v) is 1.86. The van der Waals surface area contributed by atoms with Gasteiger partial charge in [-0.05, 0) is 19.1 Å². The Hall–Kier alpha value is -1.35. The highest BCUT2D eigenvalue weighted by Crippen LogP contribution is 2.12. The number of anilines is 1. The second-order valence-electron chi connectivity index (χ2n) is 2.68. The second-order valence-corrected chi connectivity index (χ2v) is 2.68. The molecule has 0 spiro atoms. The molecule has 0 saturated heterocycles. The van der Waals surface area contributed by atoms with E-state index >= 15 is 0 Å². The van der Waals surface area contributed by atoms with Crippen molar-refractivity contribution in [2.24, 2.45) is 5.73 Å². The lowest BCUT2D eigenvalue weighted by Gasteiger charge is -2.19. The van der Waals surface area contributed by atoms with Crippen LogP contribution in [-0.2, 0) is 4.79 Å². The van der Waals surface area contributed by atoms with Crippen LogP contribution in [0.15, 0.2) is 30.3 Å². The molecule has 1 amide bonds. The summed E-state index contributed by atoms with van der Waals surface area (Å²) < 4.78 is 0. The lowest BCUT2D eigenvalue weighted by Crippen LogP contribution is -2.35. The molecule has 3 heteroatoms. The zero-order valence-corrected chi connectivity index (χ0v) is 7.73. The minimum atomic E-state index is -0.0475. The van der Waals surface area contributed by atoms with Gasteiger partial charge in [0.2, 0.25) is 5.91 Å². The number of hydrogen-bond acceptors (Lipinski definition) is 2. The van der Waals surface area contributed by atoms with Crippen LogP contribution < -0.4 is 10.6 Å². The van der Waals surface area contributed by atoms with Crippen LogP contribution in [0.1, 0.15) is 6.92 Å². The van der Waals surface area contributed by atoms with E-state index in [1.54, 1.807) is 4.90 Å². The number of likely N-dealkylation sites (N-methyl/N-ethyl adjacent to an activating group) is 1. The van der Waals surface area contributed by atoms with E-state index < -0.39 is 0 Å². The number of carbonyl (C=O) groups excluding carboxylic acids is 1. The summed E-state index contributed by atoms with van der Waals surface area (Å²) in [6, 6.07) is 9.53. The minimum absolute atomic E-state index is 0.0475. The van der Waals surface area contributed by atoms with Crippen molar-refractivity contribution in [2.75, 3.05) is 18.0 Å². The molecule has 1 rings (SSSR count). The van der Waals surface area contributed by atoms with Crippen LogP contribution in [0.25, 0.3) is 0 Å². The van der Waals surface area contributed by atoms with Crippen molar-refractivity contribution in [1.82, 2.24) is 0 Å². The topological polar surface area (TPSA) is 46.3 Å². The van der Waals surface area contributed by atoms with E-state index in [9.17, 15) is 4.79 Å². The Morgan fingerprint density at radius 1 is 1.38 bits per heavy atom. The summed E-state index contributed by atoms with van der Waals surface area (Å²) in [5.41, 5.74) is 6.20. The van der Waals surface area contributed by atoms with E-state index in [-0.39, 0.29) is 12.5 Å². The standard InChI is InChI=1S/C10H14N2O/c1-2-12(10(13)8-11)9-6-4-3-5-7-9/h3-7H,2,8,11H2,1H3. The van der Waals surface area contributed by atoms with E-state index in [0.29, 0.717) is 6.54 Å². The molecule has 0 heterocycles. The zero-order valence-electron chi connectivity index (χ0n) is 7.73. The van der Waals surface area contributed by atoms with Gasteiger partial charge in [0.05, 0.1) is 6.54 Å². The molecule has 13 heavy (non-hydrogen) atoms. The number of para-hydroxylation sites is 1. The molecule has 1 aromatic rings. The normalized spacial score (nSPS) is 9.69. The van der Waals surface area contributed by atoms with Gasteiger partial charge in [0.1, 0.15) is 0 Å². The third kappa shape index (κ3) is 2.29. The summed E-state index contributed by atoms with van der Waals surface area (Å²) in [4.78, 5) is 13.0. The smallest absolute Gasteiger partial charge is 0.240 e. The molecule has 0 saturated carbocycles. The molecule has 0 aliphatic carbocycles. The van der Waals surface area contributed by atoms with Gasteiger partial charge < -0.3 is 10.6 Å². The van der Waals surface area contributed by atoms with Crippen LogP contribution in [0.5, 0.6) is 0 Å². The summed E-state index contributed by atoms with van der Waals surface area (Å²) in [5.74, 6) is -0.0475. The van der Waals surface area contributed by atoms with E-state index in [2.05, 4.69) is 0 Å². The average molecular weight is 178 g/mol. The molecule has 0 aromatic heterocycles. The Balaban J connectivity index is 2.85. The summed E-state index contributed by atoms with van der Waals surface area (Å²) in [7, 11) is 0. The van der Waals surface area contributed by atoms with Gasteiger partial charge >= 0.3 is 0 Å². The van der Waals surface area contributed by atoms with E-state index in [1.165, 1.54) is 0 Å². The Morgan fingerprint density at radius 3 is 2.46 bits per heavy atom. The van der Waals surface area contributed by atoms with E-state index in [1.807, 2.05) is 37.3 Å². The number of hydrogen-bond donors (Lipinski definition) is 1. The van der Waals surface area contributed by atoms with E-state index in [4.69, 9.17) is 5.73 Å². The molecular formula is C10H14N2O. The van der Waals surface area contributed by atoms with Crippen LogP contribution >= 0.6 is 0 Å². The number of nitrogens with two attached hydrogens (primary N) is 1. The summed E-state index contributed by atoms with van der Waals surface area (Å²) in [6.45, 7) is 2.64. The lowest BCUT2D eigenvalue weighted by atomic mass is 10.3. The third-order valence-electron chi connectivity index (χ3n) is 1.86. The number of rotatable bonds is 3. The quantitative estimate of drug-likeness (QED) is 0.750. The molecule has 0 bridgehead atoms. The van der Waals surface area contributed by atoms with Crippen molar-refractivity contribution in [3.63, 3.8) is 0 Å². The zero-order chi connectivity index (χ0) is 9.68. The Kier molecular flexibility index (Phi) is 3.46. The summed E-state index contributed by atoms with van der Waals surface area (Å²) in [5, 5.41) is 0. The first-order chi connectivity index (χ1) is 6.29. The molecule has 2 N–H and O–H groups in total. The van der Waals surface area contributed by atoms with Crippen molar-refractivity contribution in [2.45, 2.75) is 6.92 Å². The summed E-state index contributed by atoms with van der Waals surface area (Å²) in [6.07, 6.45) is 0. The highest BCUT2D eigenvalue weighted by atomic mass is 16.2. The first-order valence-electron chi connectivity index (χ1n) is 4.35. The number of benzene rings is 1. The van der Waals surface area contributed by atoms with Crippen LogP contribution in [0, 0.1) is 0 Å². The predicted octanol–water partition coefficient (Wildman–Crippen LogP) is 0.998. The number of amides is 1.